The lowest BCUT2D eigenvalue weighted by Crippen LogP contribution is -2.13. The minimum absolute atomic E-state index is 0.766. The highest BCUT2D eigenvalue weighted by molar-refractivity contribution is 7.21. The fourth-order valence-corrected chi connectivity index (χ4v) is 10.7. The predicted octanol–water partition coefficient (Wildman–Crippen LogP) is 15.9. The molecule has 13 aromatic rings. The number of hydrogen-bond donors (Lipinski definition) is 0. The van der Waals surface area contributed by atoms with Crippen LogP contribution in [0, 0.1) is 0 Å². The fraction of sp³-hybridized carbons (Fsp3) is 0. The van der Waals surface area contributed by atoms with Crippen molar-refractivity contribution in [2.24, 2.45) is 0 Å². The van der Waals surface area contributed by atoms with Gasteiger partial charge < -0.3 is 0 Å². The van der Waals surface area contributed by atoms with E-state index in [1.54, 1.807) is 22.7 Å². The smallest absolute Gasteiger partial charge is 0.146 e. The molecule has 0 saturated carbocycles. The summed E-state index contributed by atoms with van der Waals surface area (Å²) in [5.74, 6) is 1.53. The summed E-state index contributed by atoms with van der Waals surface area (Å²) in [6.07, 6.45) is 0. The summed E-state index contributed by atoms with van der Waals surface area (Å²) in [7, 11) is 0. The lowest BCUT2D eigenvalue weighted by molar-refractivity contribution is 1.16. The van der Waals surface area contributed by atoms with Crippen LogP contribution in [0.15, 0.2) is 200 Å². The van der Waals surface area contributed by atoms with Gasteiger partial charge in [0, 0.05) is 16.8 Å². The molecule has 0 saturated heterocycles. The van der Waals surface area contributed by atoms with Gasteiger partial charge in [0.25, 0.3) is 0 Å². The van der Waals surface area contributed by atoms with Crippen LogP contribution in [0.1, 0.15) is 0 Å². The van der Waals surface area contributed by atoms with Gasteiger partial charge in [0.15, 0.2) is 0 Å². The summed E-state index contributed by atoms with van der Waals surface area (Å²) in [6, 6.07) is 71.4. The summed E-state index contributed by atoms with van der Waals surface area (Å²) in [5.41, 5.74) is 7.29. The summed E-state index contributed by atoms with van der Waals surface area (Å²) in [4.78, 5) is 24.6. The number of anilines is 3. The average Bonchev–Trinajstić information content (AvgIpc) is 3.98. The highest BCUT2D eigenvalue weighted by atomic mass is 32.1. The first-order chi connectivity index (χ1) is 31.1. The molecule has 294 valence electrons. The molecule has 63 heavy (non-hydrogen) atoms. The molecule has 0 bridgehead atoms. The van der Waals surface area contributed by atoms with Crippen LogP contribution in [0.5, 0.6) is 0 Å². The van der Waals surface area contributed by atoms with E-state index in [0.29, 0.717) is 0 Å². The number of fused-ring (bicyclic) bond motifs is 8. The molecule has 0 amide bonds. The van der Waals surface area contributed by atoms with E-state index >= 15 is 0 Å². The number of rotatable bonds is 6. The first-order valence-electron chi connectivity index (χ1n) is 20.9. The van der Waals surface area contributed by atoms with E-state index in [1.807, 2.05) is 0 Å². The van der Waals surface area contributed by atoms with Crippen molar-refractivity contribution < 1.29 is 0 Å². The molecule has 9 aromatic carbocycles. The summed E-state index contributed by atoms with van der Waals surface area (Å²) >= 11 is 3.22. The maximum atomic E-state index is 5.32. The molecule has 0 atom stereocenters. The van der Waals surface area contributed by atoms with Gasteiger partial charge in [-0.3, -0.25) is 4.90 Å². The van der Waals surface area contributed by atoms with Crippen molar-refractivity contribution in [2.45, 2.75) is 0 Å². The highest BCUT2D eigenvalue weighted by Gasteiger charge is 2.20. The van der Waals surface area contributed by atoms with Crippen LogP contribution in [-0.4, -0.2) is 19.9 Å². The zero-order chi connectivity index (χ0) is 41.4. The maximum absolute atomic E-state index is 5.32. The Kier molecular flexibility index (Phi) is 8.19. The number of aromatic nitrogens is 4. The predicted molar refractivity (Wildman–Crippen MR) is 267 cm³/mol. The molecule has 0 spiro atoms. The van der Waals surface area contributed by atoms with Gasteiger partial charge in [-0.25, -0.2) is 19.9 Å². The van der Waals surface area contributed by atoms with Crippen LogP contribution in [0.3, 0.4) is 0 Å². The van der Waals surface area contributed by atoms with Crippen LogP contribution in [0.25, 0.3) is 107 Å². The second kappa shape index (κ2) is 14.4. The highest BCUT2D eigenvalue weighted by Crippen LogP contribution is 2.41. The molecule has 0 aliphatic heterocycles. The van der Waals surface area contributed by atoms with E-state index in [0.717, 1.165) is 64.5 Å². The summed E-state index contributed by atoms with van der Waals surface area (Å²) in [6.45, 7) is 0. The third-order valence-electron chi connectivity index (χ3n) is 12.1. The fourth-order valence-electron chi connectivity index (χ4n) is 8.88. The van der Waals surface area contributed by atoms with Crippen LogP contribution in [-0.2, 0) is 0 Å². The SMILES string of the molecule is c1ccc2cc(-c3ccc4c(ccc5cc(N(c6ccc7nc(-c8ccc9ccccc9c8)sc7n6)c6ccc7nc(-c8ccc9ccccc9c8)sc7n6)ccc54)c3)ccc2c1. The van der Waals surface area contributed by atoms with Crippen molar-refractivity contribution in [2.75, 3.05) is 4.90 Å². The standard InChI is InChI=1S/C56H33N5S2/c1-4-10-37-29-40(16-13-34(37)7-1)41-21-23-47-42(30-41)17-18-43-33-46(22-24-48(43)47)61(51-27-25-49-55(59-51)62-53(57-49)44-19-14-35-8-2-5-11-38(35)31-44)52-28-26-50-56(60-52)63-54(58-50)45-20-15-36-9-3-6-12-39(36)32-45/h1-33H. The van der Waals surface area contributed by atoms with Gasteiger partial charge in [0.1, 0.15) is 42.3 Å². The van der Waals surface area contributed by atoms with Gasteiger partial charge >= 0.3 is 0 Å². The molecule has 4 aromatic heterocycles. The van der Waals surface area contributed by atoms with Crippen LogP contribution >= 0.6 is 22.7 Å². The zero-order valence-electron chi connectivity index (χ0n) is 33.6. The maximum Gasteiger partial charge on any atom is 0.146 e. The molecule has 0 fully saturated rings. The van der Waals surface area contributed by atoms with Crippen molar-refractivity contribution in [1.29, 1.82) is 0 Å². The number of nitrogens with zero attached hydrogens (tertiary/aromatic N) is 5. The number of benzene rings is 9. The molecule has 13 rings (SSSR count). The van der Waals surface area contributed by atoms with Gasteiger partial charge in [-0.1, -0.05) is 162 Å². The Morgan fingerprint density at radius 2 is 0.698 bits per heavy atom. The Labute approximate surface area is 369 Å². The van der Waals surface area contributed by atoms with Gasteiger partial charge in [-0.05, 0) is 126 Å². The molecule has 4 heterocycles. The van der Waals surface area contributed by atoms with E-state index in [2.05, 4.69) is 205 Å². The quantitative estimate of drug-likeness (QED) is 0.156. The molecule has 0 aliphatic carbocycles. The van der Waals surface area contributed by atoms with Crippen LogP contribution in [0.4, 0.5) is 17.3 Å². The van der Waals surface area contributed by atoms with E-state index < -0.39 is 0 Å². The first kappa shape index (κ1) is 35.9. The third-order valence-corrected chi connectivity index (χ3v) is 14.1. The Hall–Kier alpha value is -7.84. The third kappa shape index (κ3) is 6.28. The van der Waals surface area contributed by atoms with Crippen molar-refractivity contribution in [3.8, 4) is 32.3 Å². The molecule has 0 N–H and O–H groups in total. The topological polar surface area (TPSA) is 54.8 Å². The largest absolute Gasteiger partial charge is 0.279 e. The Morgan fingerprint density at radius 3 is 1.22 bits per heavy atom. The monoisotopic (exact) mass is 839 g/mol. The lowest BCUT2D eigenvalue weighted by atomic mass is 9.96. The molecular formula is C56H33N5S2. The van der Waals surface area contributed by atoms with Gasteiger partial charge in [-0.2, -0.15) is 0 Å². The number of hydrogen-bond acceptors (Lipinski definition) is 7. The van der Waals surface area contributed by atoms with E-state index in [1.165, 1.54) is 59.6 Å². The second-order valence-electron chi connectivity index (χ2n) is 16.0. The Balaban J connectivity index is 0.922. The second-order valence-corrected chi connectivity index (χ2v) is 17.9. The lowest BCUT2D eigenvalue weighted by Gasteiger charge is -2.23. The van der Waals surface area contributed by atoms with Crippen LogP contribution < -0.4 is 4.90 Å². The number of pyridine rings is 2. The average molecular weight is 840 g/mol. The van der Waals surface area contributed by atoms with Crippen molar-refractivity contribution in [3.05, 3.63) is 200 Å². The first-order valence-corrected chi connectivity index (χ1v) is 22.6. The minimum atomic E-state index is 0.766. The molecule has 7 heteroatoms. The molecule has 0 unspecified atom stereocenters. The summed E-state index contributed by atoms with van der Waals surface area (Å²) in [5, 5.41) is 13.9. The van der Waals surface area contributed by atoms with E-state index in [9.17, 15) is 0 Å². The Bertz CT molecular complexity index is 3810. The van der Waals surface area contributed by atoms with Gasteiger partial charge in [-0.15, -0.1) is 0 Å². The van der Waals surface area contributed by atoms with Crippen LogP contribution in [0.2, 0.25) is 0 Å². The van der Waals surface area contributed by atoms with Crippen molar-refractivity contribution >= 4 is 115 Å². The molecular weight excluding hydrogens is 807 g/mol. The number of thiazole rings is 2. The molecule has 0 aliphatic rings. The van der Waals surface area contributed by atoms with Gasteiger partial charge in [0.05, 0.1) is 0 Å². The van der Waals surface area contributed by atoms with E-state index in [-0.39, 0.29) is 0 Å². The summed E-state index contributed by atoms with van der Waals surface area (Å²) < 4.78 is 0. The van der Waals surface area contributed by atoms with Crippen molar-refractivity contribution in [1.82, 2.24) is 19.9 Å². The zero-order valence-corrected chi connectivity index (χ0v) is 35.2. The van der Waals surface area contributed by atoms with Gasteiger partial charge in [0.2, 0.25) is 0 Å². The molecule has 5 nitrogen and oxygen atoms in total. The molecule has 0 radical (unpaired) electrons. The van der Waals surface area contributed by atoms with Crippen molar-refractivity contribution in [3.63, 3.8) is 0 Å². The Morgan fingerprint density at radius 1 is 0.302 bits per heavy atom. The van der Waals surface area contributed by atoms with E-state index in [4.69, 9.17) is 19.9 Å². The minimum Gasteiger partial charge on any atom is -0.279 e. The normalized spacial score (nSPS) is 11.8.